The Morgan fingerprint density at radius 2 is 2.12 bits per heavy atom. The Balaban J connectivity index is 2.44. The quantitative estimate of drug-likeness (QED) is 0.375. The predicted molar refractivity (Wildman–Crippen MR) is 90.1 cm³/mol. The van der Waals surface area contributed by atoms with Gasteiger partial charge in [-0.2, -0.15) is 0 Å². The number of carbonyl (C=O) groups is 2. The summed E-state index contributed by atoms with van der Waals surface area (Å²) in [6.45, 7) is 7.51. The van der Waals surface area contributed by atoms with Crippen LogP contribution in [0.25, 0.3) is 5.76 Å². The predicted octanol–water partition coefficient (Wildman–Crippen LogP) is 2.35. The zero-order valence-electron chi connectivity index (χ0n) is 14.0. The molecule has 0 aromatic heterocycles. The lowest BCUT2D eigenvalue weighted by molar-refractivity contribution is -0.126. The van der Waals surface area contributed by atoms with E-state index in [9.17, 15) is 14.7 Å². The van der Waals surface area contributed by atoms with E-state index in [0.29, 0.717) is 18.1 Å². The molecule has 6 heteroatoms. The fourth-order valence-electron chi connectivity index (χ4n) is 2.47. The molecule has 1 aliphatic heterocycles. The van der Waals surface area contributed by atoms with Gasteiger partial charge in [0.25, 0.3) is 5.91 Å². The minimum absolute atomic E-state index is 0.0290. The van der Waals surface area contributed by atoms with Crippen LogP contribution >= 0.6 is 0 Å². The molecular formula is C18H21NO5. The molecule has 2 rings (SSSR count). The highest BCUT2D eigenvalue weighted by Gasteiger charge is 2.38. The molecule has 1 fully saturated rings. The van der Waals surface area contributed by atoms with Crippen LogP contribution in [0.4, 0.5) is 0 Å². The first-order valence-corrected chi connectivity index (χ1v) is 7.60. The average Bonchev–Trinajstić information content (AvgIpc) is 2.86. The summed E-state index contributed by atoms with van der Waals surface area (Å²) >= 11 is 0. The van der Waals surface area contributed by atoms with Gasteiger partial charge in [0.1, 0.15) is 29.4 Å². The first kappa shape index (κ1) is 17.6. The number of rotatable bonds is 6. The van der Waals surface area contributed by atoms with E-state index in [1.165, 1.54) is 12.0 Å². The van der Waals surface area contributed by atoms with Crippen LogP contribution < -0.4 is 9.47 Å². The van der Waals surface area contributed by atoms with Gasteiger partial charge in [-0.05, 0) is 26.0 Å². The van der Waals surface area contributed by atoms with Crippen LogP contribution in [0.5, 0.6) is 11.5 Å². The highest BCUT2D eigenvalue weighted by Crippen LogP contribution is 2.33. The number of amides is 1. The number of methoxy groups -OCH3 is 1. The van der Waals surface area contributed by atoms with Crippen molar-refractivity contribution in [1.82, 2.24) is 4.90 Å². The third kappa shape index (κ3) is 3.27. The zero-order valence-corrected chi connectivity index (χ0v) is 14.0. The molecule has 0 atom stereocenters. The lowest BCUT2D eigenvalue weighted by Gasteiger charge is -2.18. The Morgan fingerprint density at radius 1 is 1.42 bits per heavy atom. The molecule has 0 bridgehead atoms. The molecule has 0 aliphatic carbocycles. The van der Waals surface area contributed by atoms with Gasteiger partial charge in [0.05, 0.1) is 19.2 Å². The Hall–Kier alpha value is -2.76. The highest BCUT2D eigenvalue weighted by atomic mass is 16.5. The van der Waals surface area contributed by atoms with E-state index in [1.54, 1.807) is 24.3 Å². The summed E-state index contributed by atoms with van der Waals surface area (Å²) in [6.07, 6.45) is 1.61. The summed E-state index contributed by atoms with van der Waals surface area (Å²) in [4.78, 5) is 26.0. The molecule has 1 saturated heterocycles. The van der Waals surface area contributed by atoms with Crippen molar-refractivity contribution in [2.75, 3.05) is 20.3 Å². The molecule has 1 aliphatic rings. The minimum atomic E-state index is -0.471. The number of aliphatic hydroxyl groups excluding tert-OH is 1. The summed E-state index contributed by atoms with van der Waals surface area (Å²) < 4.78 is 10.7. The largest absolute Gasteiger partial charge is 0.506 e. The zero-order chi connectivity index (χ0) is 17.9. The van der Waals surface area contributed by atoms with Crippen molar-refractivity contribution in [3.63, 3.8) is 0 Å². The van der Waals surface area contributed by atoms with E-state index in [0.717, 1.165) is 0 Å². The summed E-state index contributed by atoms with van der Waals surface area (Å²) in [7, 11) is 1.44. The van der Waals surface area contributed by atoms with Crippen LogP contribution in [0.2, 0.25) is 0 Å². The smallest absolute Gasteiger partial charge is 0.262 e. The Kier molecular flexibility index (Phi) is 5.28. The maximum Gasteiger partial charge on any atom is 0.262 e. The van der Waals surface area contributed by atoms with Crippen LogP contribution in [0, 0.1) is 0 Å². The summed E-state index contributed by atoms with van der Waals surface area (Å²) in [5.74, 6) is -0.409. The molecule has 0 radical (unpaired) electrons. The molecule has 128 valence electrons. The van der Waals surface area contributed by atoms with E-state index in [1.807, 2.05) is 13.8 Å². The average molecular weight is 331 g/mol. The molecule has 1 heterocycles. The SMILES string of the molecule is C=CCOc1ccc(/C(O)=C2\C(=O)CN(C(C)C)C2=O)c(OC)c1. The molecule has 1 N–H and O–H groups in total. The van der Waals surface area contributed by atoms with Crippen LogP contribution in [-0.4, -0.2) is 48.0 Å². The van der Waals surface area contributed by atoms with Gasteiger partial charge in [-0.15, -0.1) is 0 Å². The lowest BCUT2D eigenvalue weighted by atomic mass is 10.1. The highest BCUT2D eigenvalue weighted by molar-refractivity contribution is 6.28. The lowest BCUT2D eigenvalue weighted by Crippen LogP contribution is -2.32. The van der Waals surface area contributed by atoms with Crippen molar-refractivity contribution in [2.24, 2.45) is 0 Å². The first-order valence-electron chi connectivity index (χ1n) is 7.60. The second kappa shape index (κ2) is 7.21. The molecule has 1 aromatic carbocycles. The van der Waals surface area contributed by atoms with E-state index < -0.39 is 11.7 Å². The van der Waals surface area contributed by atoms with Gasteiger partial charge in [-0.3, -0.25) is 9.59 Å². The standard InChI is InChI=1S/C18H21NO5/c1-5-8-24-12-6-7-13(15(9-12)23-4)17(21)16-14(20)10-19(11(2)3)18(16)22/h5-7,9,11,21H,1,8,10H2,2-4H3/b17-16-. The Morgan fingerprint density at radius 3 is 2.67 bits per heavy atom. The van der Waals surface area contributed by atoms with Crippen LogP contribution in [0.1, 0.15) is 19.4 Å². The van der Waals surface area contributed by atoms with Gasteiger partial charge in [-0.1, -0.05) is 12.7 Å². The van der Waals surface area contributed by atoms with E-state index in [2.05, 4.69) is 6.58 Å². The summed E-state index contributed by atoms with van der Waals surface area (Å²) in [6, 6.07) is 4.64. The first-order chi connectivity index (χ1) is 11.4. The van der Waals surface area contributed by atoms with Crippen molar-refractivity contribution >= 4 is 17.4 Å². The number of benzene rings is 1. The van der Waals surface area contributed by atoms with Crippen LogP contribution in [0.15, 0.2) is 36.4 Å². The fraction of sp³-hybridized carbons (Fsp3) is 0.333. The van der Waals surface area contributed by atoms with Gasteiger partial charge >= 0.3 is 0 Å². The number of nitrogens with zero attached hydrogens (tertiary/aromatic N) is 1. The van der Waals surface area contributed by atoms with E-state index in [-0.39, 0.29) is 29.5 Å². The van der Waals surface area contributed by atoms with Gasteiger partial charge < -0.3 is 19.5 Å². The Labute approximate surface area is 141 Å². The maximum absolute atomic E-state index is 12.4. The number of aliphatic hydroxyl groups is 1. The number of hydrogen-bond acceptors (Lipinski definition) is 5. The molecule has 0 unspecified atom stereocenters. The number of hydrogen-bond donors (Lipinski definition) is 1. The van der Waals surface area contributed by atoms with Gasteiger partial charge in [-0.25, -0.2) is 0 Å². The molecule has 6 nitrogen and oxygen atoms in total. The van der Waals surface area contributed by atoms with E-state index in [4.69, 9.17) is 9.47 Å². The van der Waals surface area contributed by atoms with Crippen molar-refractivity contribution < 1.29 is 24.2 Å². The van der Waals surface area contributed by atoms with Crippen LogP contribution in [-0.2, 0) is 9.59 Å². The molecular weight excluding hydrogens is 310 g/mol. The number of ether oxygens (including phenoxy) is 2. The summed E-state index contributed by atoms with van der Waals surface area (Å²) in [5.41, 5.74) is 0.0625. The number of ketones is 1. The topological polar surface area (TPSA) is 76.1 Å². The second-order valence-electron chi connectivity index (χ2n) is 5.64. The number of likely N-dealkylation sites (tertiary alicyclic amines) is 1. The number of carbonyl (C=O) groups excluding carboxylic acids is 2. The monoisotopic (exact) mass is 331 g/mol. The van der Waals surface area contributed by atoms with Gasteiger partial charge in [0.2, 0.25) is 0 Å². The normalized spacial score (nSPS) is 16.6. The van der Waals surface area contributed by atoms with Crippen molar-refractivity contribution in [2.45, 2.75) is 19.9 Å². The van der Waals surface area contributed by atoms with Crippen molar-refractivity contribution in [3.05, 3.63) is 42.0 Å². The summed E-state index contributed by atoms with van der Waals surface area (Å²) in [5, 5.41) is 10.5. The molecule has 1 aromatic rings. The van der Waals surface area contributed by atoms with Crippen molar-refractivity contribution in [3.8, 4) is 11.5 Å². The van der Waals surface area contributed by atoms with Crippen molar-refractivity contribution in [1.29, 1.82) is 0 Å². The second-order valence-corrected chi connectivity index (χ2v) is 5.64. The van der Waals surface area contributed by atoms with E-state index >= 15 is 0 Å². The maximum atomic E-state index is 12.4. The molecule has 1 amide bonds. The van der Waals surface area contributed by atoms with Crippen LogP contribution in [0.3, 0.4) is 0 Å². The Bertz CT molecular complexity index is 705. The fourth-order valence-corrected chi connectivity index (χ4v) is 2.47. The number of Topliss-reactive ketones (excluding diaryl/α,β-unsaturated/α-hetero) is 1. The molecule has 0 saturated carbocycles. The van der Waals surface area contributed by atoms with Gasteiger partial charge in [0.15, 0.2) is 5.78 Å². The molecule has 0 spiro atoms. The third-order valence-corrected chi connectivity index (χ3v) is 3.72. The third-order valence-electron chi connectivity index (χ3n) is 3.72. The van der Waals surface area contributed by atoms with Gasteiger partial charge in [0, 0.05) is 12.1 Å². The minimum Gasteiger partial charge on any atom is -0.506 e. The molecule has 24 heavy (non-hydrogen) atoms.